The van der Waals surface area contributed by atoms with Crippen molar-refractivity contribution in [2.45, 2.75) is 44.9 Å². The van der Waals surface area contributed by atoms with Crippen molar-refractivity contribution in [2.24, 2.45) is 10.9 Å². The summed E-state index contributed by atoms with van der Waals surface area (Å²) in [6.07, 6.45) is 9.96. The SMILES string of the molecule is CNC(=O)c1cccc(CCNC(=NCC2CCCCC2)NCCc2ccco2)c1.I. The van der Waals surface area contributed by atoms with Gasteiger partial charge in [0.1, 0.15) is 5.76 Å². The number of furan rings is 1. The molecular formula is C24H35IN4O2. The molecule has 0 spiro atoms. The monoisotopic (exact) mass is 538 g/mol. The van der Waals surface area contributed by atoms with Crippen LogP contribution in [0.15, 0.2) is 52.1 Å². The Morgan fingerprint density at radius 2 is 1.84 bits per heavy atom. The van der Waals surface area contributed by atoms with Gasteiger partial charge in [-0.3, -0.25) is 9.79 Å². The van der Waals surface area contributed by atoms with Gasteiger partial charge in [-0.25, -0.2) is 0 Å². The third-order valence-electron chi connectivity index (χ3n) is 5.60. The van der Waals surface area contributed by atoms with Crippen LogP contribution in [-0.2, 0) is 12.8 Å². The van der Waals surface area contributed by atoms with E-state index in [0.717, 1.165) is 49.8 Å². The summed E-state index contributed by atoms with van der Waals surface area (Å²) in [6.45, 7) is 2.41. The second-order valence-electron chi connectivity index (χ2n) is 7.91. The molecule has 170 valence electrons. The molecule has 0 saturated heterocycles. The van der Waals surface area contributed by atoms with E-state index in [0.29, 0.717) is 11.5 Å². The predicted octanol–water partition coefficient (Wildman–Crippen LogP) is 4.16. The fourth-order valence-corrected chi connectivity index (χ4v) is 3.86. The first-order valence-corrected chi connectivity index (χ1v) is 11.1. The second kappa shape index (κ2) is 14.1. The topological polar surface area (TPSA) is 78.7 Å². The van der Waals surface area contributed by atoms with Gasteiger partial charge in [-0.05, 0) is 55.0 Å². The molecule has 6 nitrogen and oxygen atoms in total. The second-order valence-corrected chi connectivity index (χ2v) is 7.91. The first-order chi connectivity index (χ1) is 14.7. The van der Waals surface area contributed by atoms with Crippen LogP contribution < -0.4 is 16.0 Å². The lowest BCUT2D eigenvalue weighted by Crippen LogP contribution is -2.39. The summed E-state index contributed by atoms with van der Waals surface area (Å²) in [5, 5.41) is 9.57. The van der Waals surface area contributed by atoms with Gasteiger partial charge in [0.25, 0.3) is 5.91 Å². The summed E-state index contributed by atoms with van der Waals surface area (Å²) in [7, 11) is 1.65. The highest BCUT2D eigenvalue weighted by molar-refractivity contribution is 14.0. The smallest absolute Gasteiger partial charge is 0.251 e. The molecule has 1 aromatic heterocycles. The Balaban J connectivity index is 0.00000341. The van der Waals surface area contributed by atoms with Gasteiger partial charge in [0, 0.05) is 38.7 Å². The minimum atomic E-state index is -0.0564. The van der Waals surface area contributed by atoms with E-state index < -0.39 is 0 Å². The molecule has 0 unspecified atom stereocenters. The van der Waals surface area contributed by atoms with E-state index in [1.807, 2.05) is 30.3 Å². The van der Waals surface area contributed by atoms with E-state index in [1.54, 1.807) is 13.3 Å². The number of nitrogens with one attached hydrogen (secondary N) is 3. The van der Waals surface area contributed by atoms with Crippen molar-refractivity contribution in [2.75, 3.05) is 26.7 Å². The average molecular weight is 538 g/mol. The van der Waals surface area contributed by atoms with Crippen LogP contribution in [0, 0.1) is 5.92 Å². The fourth-order valence-electron chi connectivity index (χ4n) is 3.86. The molecule has 0 atom stereocenters. The number of halogens is 1. The van der Waals surface area contributed by atoms with Gasteiger partial charge in [-0.1, -0.05) is 31.4 Å². The minimum absolute atomic E-state index is 0. The number of amides is 1. The summed E-state index contributed by atoms with van der Waals surface area (Å²) in [5.41, 5.74) is 1.82. The van der Waals surface area contributed by atoms with Crippen molar-refractivity contribution in [3.05, 3.63) is 59.5 Å². The Hall–Kier alpha value is -2.03. The van der Waals surface area contributed by atoms with Crippen LogP contribution in [0.5, 0.6) is 0 Å². The normalized spacial score (nSPS) is 14.5. The van der Waals surface area contributed by atoms with Gasteiger partial charge < -0.3 is 20.4 Å². The number of nitrogens with zero attached hydrogens (tertiary/aromatic N) is 1. The molecule has 0 bridgehead atoms. The number of aliphatic imine (C=N–C) groups is 1. The van der Waals surface area contributed by atoms with Crippen LogP contribution in [0.25, 0.3) is 0 Å². The zero-order valence-corrected chi connectivity index (χ0v) is 20.7. The highest BCUT2D eigenvalue weighted by Gasteiger charge is 2.13. The first kappa shape index (κ1) is 25.2. The number of hydrogen-bond acceptors (Lipinski definition) is 3. The van der Waals surface area contributed by atoms with Gasteiger partial charge in [-0.2, -0.15) is 0 Å². The molecule has 1 heterocycles. The minimum Gasteiger partial charge on any atom is -0.469 e. The summed E-state index contributed by atoms with van der Waals surface area (Å²) in [6, 6.07) is 11.7. The van der Waals surface area contributed by atoms with Crippen molar-refractivity contribution in [1.82, 2.24) is 16.0 Å². The Bertz CT molecular complexity index is 802. The van der Waals surface area contributed by atoms with Gasteiger partial charge in [-0.15, -0.1) is 24.0 Å². The standard InChI is InChI=1S/C24H34N4O2.HI/c1-25-23(29)21-10-5-9-19(17-21)12-14-26-24(27-15-13-22-11-6-16-30-22)28-18-20-7-3-2-4-8-20;/h5-6,9-11,16-17,20H,2-4,7-8,12-15,18H2,1H3,(H,25,29)(H2,26,27,28);1H. The molecule has 3 N–H and O–H groups in total. The Kier molecular flexibility index (Phi) is 11.5. The van der Waals surface area contributed by atoms with Crippen molar-refractivity contribution in [3.8, 4) is 0 Å². The molecule has 1 aromatic carbocycles. The Labute approximate surface area is 202 Å². The molecule has 7 heteroatoms. The van der Waals surface area contributed by atoms with Crippen LogP contribution in [0.3, 0.4) is 0 Å². The third-order valence-corrected chi connectivity index (χ3v) is 5.60. The Morgan fingerprint density at radius 3 is 2.55 bits per heavy atom. The highest BCUT2D eigenvalue weighted by Crippen LogP contribution is 2.23. The molecule has 1 fully saturated rings. The van der Waals surface area contributed by atoms with E-state index in [-0.39, 0.29) is 29.9 Å². The lowest BCUT2D eigenvalue weighted by molar-refractivity contribution is 0.0963. The molecule has 31 heavy (non-hydrogen) atoms. The third kappa shape index (κ3) is 8.93. The number of benzene rings is 1. The van der Waals surface area contributed by atoms with Crippen molar-refractivity contribution >= 4 is 35.8 Å². The van der Waals surface area contributed by atoms with Gasteiger partial charge in [0.15, 0.2) is 5.96 Å². The quantitative estimate of drug-likeness (QED) is 0.255. The van der Waals surface area contributed by atoms with Crippen molar-refractivity contribution in [1.29, 1.82) is 0 Å². The van der Waals surface area contributed by atoms with Crippen LogP contribution >= 0.6 is 24.0 Å². The van der Waals surface area contributed by atoms with Crippen molar-refractivity contribution in [3.63, 3.8) is 0 Å². The van der Waals surface area contributed by atoms with Crippen LogP contribution in [0.4, 0.5) is 0 Å². The number of carbonyl (C=O) groups excluding carboxylic acids is 1. The molecular weight excluding hydrogens is 503 g/mol. The van der Waals surface area contributed by atoms with E-state index in [1.165, 1.54) is 32.1 Å². The molecule has 0 aliphatic heterocycles. The maximum atomic E-state index is 11.8. The maximum absolute atomic E-state index is 11.8. The molecule has 1 aliphatic rings. The largest absolute Gasteiger partial charge is 0.469 e. The van der Waals surface area contributed by atoms with Crippen molar-refractivity contribution < 1.29 is 9.21 Å². The summed E-state index contributed by atoms with van der Waals surface area (Å²) >= 11 is 0. The number of carbonyl (C=O) groups is 1. The molecule has 3 rings (SSSR count). The van der Waals surface area contributed by atoms with Crippen LogP contribution in [0.1, 0.15) is 53.8 Å². The first-order valence-electron chi connectivity index (χ1n) is 11.1. The molecule has 0 radical (unpaired) electrons. The summed E-state index contributed by atoms with van der Waals surface area (Å²) < 4.78 is 5.42. The van der Waals surface area contributed by atoms with E-state index >= 15 is 0 Å². The predicted molar refractivity (Wildman–Crippen MR) is 136 cm³/mol. The highest BCUT2D eigenvalue weighted by atomic mass is 127. The van der Waals surface area contributed by atoms with E-state index in [4.69, 9.17) is 9.41 Å². The number of rotatable bonds is 9. The lowest BCUT2D eigenvalue weighted by Gasteiger charge is -2.20. The Morgan fingerprint density at radius 1 is 1.06 bits per heavy atom. The maximum Gasteiger partial charge on any atom is 0.251 e. The van der Waals surface area contributed by atoms with Gasteiger partial charge in [0.2, 0.25) is 0 Å². The zero-order valence-electron chi connectivity index (χ0n) is 18.4. The van der Waals surface area contributed by atoms with E-state index in [9.17, 15) is 4.79 Å². The lowest BCUT2D eigenvalue weighted by atomic mass is 9.89. The zero-order chi connectivity index (χ0) is 21.0. The van der Waals surface area contributed by atoms with Gasteiger partial charge >= 0.3 is 0 Å². The molecule has 1 saturated carbocycles. The molecule has 2 aromatic rings. The fraction of sp³-hybridized carbons (Fsp3) is 0.500. The molecule has 1 amide bonds. The number of guanidine groups is 1. The van der Waals surface area contributed by atoms with Crippen LogP contribution in [0.2, 0.25) is 0 Å². The van der Waals surface area contributed by atoms with E-state index in [2.05, 4.69) is 22.0 Å². The summed E-state index contributed by atoms with van der Waals surface area (Å²) in [4.78, 5) is 16.7. The summed E-state index contributed by atoms with van der Waals surface area (Å²) in [5.74, 6) is 2.47. The van der Waals surface area contributed by atoms with Crippen LogP contribution in [-0.4, -0.2) is 38.5 Å². The molecule has 1 aliphatic carbocycles. The number of hydrogen-bond donors (Lipinski definition) is 3. The average Bonchev–Trinajstić information content (AvgIpc) is 3.31. The van der Waals surface area contributed by atoms with Gasteiger partial charge in [0.05, 0.1) is 6.26 Å².